The van der Waals surface area contributed by atoms with Crippen molar-refractivity contribution < 1.29 is 21.6 Å². The van der Waals surface area contributed by atoms with Gasteiger partial charge < -0.3 is 9.64 Å². The number of aryl methyl sites for hydroxylation is 2. The molecule has 0 amide bonds. The zero-order valence-corrected chi connectivity index (χ0v) is 25.9. The molecular weight excluding hydrogens is 572 g/mol. The van der Waals surface area contributed by atoms with Gasteiger partial charge in [-0.05, 0) is 88.2 Å². The Bertz CT molecular complexity index is 1620. The van der Waals surface area contributed by atoms with E-state index in [0.29, 0.717) is 36.7 Å². The Hall–Kier alpha value is -3.25. The number of rotatable bonds is 8. The summed E-state index contributed by atoms with van der Waals surface area (Å²) in [5.41, 5.74) is 2.61. The summed E-state index contributed by atoms with van der Waals surface area (Å²) in [6.07, 6.45) is 1.76. The summed E-state index contributed by atoms with van der Waals surface area (Å²) in [6, 6.07) is 20.7. The van der Waals surface area contributed by atoms with E-state index in [2.05, 4.69) is 9.30 Å². The van der Waals surface area contributed by atoms with Crippen molar-refractivity contribution in [3.63, 3.8) is 0 Å². The molecule has 2 aliphatic rings. The number of ether oxygens (including phenoxy) is 1. The van der Waals surface area contributed by atoms with Crippen molar-refractivity contribution in [3.05, 3.63) is 89.5 Å². The molecule has 2 fully saturated rings. The van der Waals surface area contributed by atoms with Gasteiger partial charge >= 0.3 is 0 Å². The molecular formula is C31H38N4O5S2. The van der Waals surface area contributed by atoms with Gasteiger partial charge in [-0.15, -0.1) is 4.40 Å². The SMILES string of the molecule is COc1ccc([C@H]2N(C(CN3CCCC3)=NS(=O)(=O)c3ccc(C)cc3)CCCN2S(=O)(=O)c2ccc(C)cc2)cc1. The van der Waals surface area contributed by atoms with Gasteiger partial charge in [-0.1, -0.05) is 47.5 Å². The Kier molecular flexibility index (Phi) is 9.03. The van der Waals surface area contributed by atoms with E-state index in [9.17, 15) is 16.8 Å². The molecule has 3 aromatic carbocycles. The van der Waals surface area contributed by atoms with Gasteiger partial charge in [0.05, 0.1) is 23.4 Å². The van der Waals surface area contributed by atoms with Crippen LogP contribution in [0.15, 0.2) is 87.0 Å². The number of benzene rings is 3. The van der Waals surface area contributed by atoms with Gasteiger partial charge in [0.2, 0.25) is 10.0 Å². The minimum atomic E-state index is -4.06. The van der Waals surface area contributed by atoms with Crippen molar-refractivity contribution in [3.8, 4) is 5.75 Å². The van der Waals surface area contributed by atoms with E-state index >= 15 is 0 Å². The second kappa shape index (κ2) is 12.5. The van der Waals surface area contributed by atoms with Crippen molar-refractivity contribution >= 4 is 25.9 Å². The van der Waals surface area contributed by atoms with E-state index in [4.69, 9.17) is 4.74 Å². The largest absolute Gasteiger partial charge is 0.497 e. The van der Waals surface area contributed by atoms with E-state index in [1.54, 1.807) is 67.8 Å². The van der Waals surface area contributed by atoms with Crippen molar-refractivity contribution in [2.45, 2.75) is 49.1 Å². The summed E-state index contributed by atoms with van der Waals surface area (Å²) < 4.78 is 66.9. The zero-order chi connectivity index (χ0) is 29.9. The van der Waals surface area contributed by atoms with Crippen LogP contribution in [0.3, 0.4) is 0 Å². The summed E-state index contributed by atoms with van der Waals surface area (Å²) >= 11 is 0. The normalized spacial score (nSPS) is 19.3. The number of sulfonamides is 2. The molecule has 224 valence electrons. The van der Waals surface area contributed by atoms with Crippen LogP contribution < -0.4 is 4.74 Å². The maximum atomic E-state index is 14.2. The van der Waals surface area contributed by atoms with Crippen LogP contribution in [-0.2, 0) is 20.0 Å². The molecule has 0 N–H and O–H groups in total. The van der Waals surface area contributed by atoms with Crippen LogP contribution in [0.1, 0.15) is 42.1 Å². The molecule has 0 aromatic heterocycles. The standard InChI is InChI=1S/C31H38N4O5S2/c1-24-7-15-28(16-8-24)41(36,37)32-30(23-33-19-4-5-20-33)34-21-6-22-35(31(34)26-11-13-27(40-3)14-12-26)42(38,39)29-17-9-25(2)10-18-29/h7-18,31H,4-6,19-23H2,1-3H3/t31-/m0/s1. The van der Waals surface area contributed by atoms with Gasteiger partial charge in [0.25, 0.3) is 10.0 Å². The van der Waals surface area contributed by atoms with Crippen LogP contribution in [0, 0.1) is 13.8 Å². The van der Waals surface area contributed by atoms with Crippen LogP contribution in [0.4, 0.5) is 0 Å². The van der Waals surface area contributed by atoms with E-state index in [0.717, 1.165) is 37.1 Å². The van der Waals surface area contributed by atoms with Crippen LogP contribution in [0.2, 0.25) is 0 Å². The fourth-order valence-corrected chi connectivity index (χ4v) is 8.15. The summed E-state index contributed by atoms with van der Waals surface area (Å²) in [5.74, 6) is 0.976. The molecule has 2 saturated heterocycles. The van der Waals surface area contributed by atoms with Gasteiger partial charge in [0.15, 0.2) is 0 Å². The smallest absolute Gasteiger partial charge is 0.283 e. The predicted molar refractivity (Wildman–Crippen MR) is 164 cm³/mol. The predicted octanol–water partition coefficient (Wildman–Crippen LogP) is 4.59. The van der Waals surface area contributed by atoms with Crippen LogP contribution in [0.5, 0.6) is 5.75 Å². The third-order valence-electron chi connectivity index (χ3n) is 7.83. The first-order valence-electron chi connectivity index (χ1n) is 14.2. The minimum Gasteiger partial charge on any atom is -0.497 e. The highest BCUT2D eigenvalue weighted by Crippen LogP contribution is 2.36. The third-order valence-corrected chi connectivity index (χ3v) is 11.0. The average Bonchev–Trinajstić information content (AvgIpc) is 3.50. The summed E-state index contributed by atoms with van der Waals surface area (Å²) in [7, 11) is -6.43. The zero-order valence-electron chi connectivity index (χ0n) is 24.3. The lowest BCUT2D eigenvalue weighted by molar-refractivity contribution is 0.120. The first kappa shape index (κ1) is 30.2. The summed E-state index contributed by atoms with van der Waals surface area (Å²) in [5, 5.41) is 0. The van der Waals surface area contributed by atoms with E-state index in [-0.39, 0.29) is 16.3 Å². The highest BCUT2D eigenvalue weighted by atomic mass is 32.2. The number of amidine groups is 1. The maximum Gasteiger partial charge on any atom is 0.283 e. The second-order valence-electron chi connectivity index (χ2n) is 10.9. The van der Waals surface area contributed by atoms with Crippen molar-refractivity contribution in [1.82, 2.24) is 14.1 Å². The van der Waals surface area contributed by atoms with E-state index < -0.39 is 26.2 Å². The molecule has 9 nitrogen and oxygen atoms in total. The number of methoxy groups -OCH3 is 1. The second-order valence-corrected chi connectivity index (χ2v) is 14.4. The number of hydrogen-bond donors (Lipinski definition) is 0. The highest BCUT2D eigenvalue weighted by molar-refractivity contribution is 7.90. The van der Waals surface area contributed by atoms with Gasteiger partial charge in [-0.3, -0.25) is 4.90 Å². The Morgan fingerprint density at radius 1 is 0.762 bits per heavy atom. The Morgan fingerprint density at radius 3 is 1.90 bits per heavy atom. The van der Waals surface area contributed by atoms with Crippen molar-refractivity contribution in [2.24, 2.45) is 4.40 Å². The molecule has 0 spiro atoms. The van der Waals surface area contributed by atoms with Gasteiger partial charge in [0, 0.05) is 13.1 Å². The molecule has 1 atom stereocenters. The summed E-state index contributed by atoms with van der Waals surface area (Å²) in [6.45, 7) is 6.50. The molecule has 2 aliphatic heterocycles. The minimum absolute atomic E-state index is 0.106. The molecule has 2 heterocycles. The molecule has 0 unspecified atom stereocenters. The van der Waals surface area contributed by atoms with Gasteiger partial charge in [-0.2, -0.15) is 12.7 Å². The molecule has 3 aromatic rings. The quantitative estimate of drug-likeness (QED) is 0.272. The fraction of sp³-hybridized carbons (Fsp3) is 0.387. The number of likely N-dealkylation sites (tertiary alicyclic amines) is 1. The Morgan fingerprint density at radius 2 is 1.33 bits per heavy atom. The van der Waals surface area contributed by atoms with Crippen LogP contribution in [-0.4, -0.2) is 76.6 Å². The van der Waals surface area contributed by atoms with Gasteiger partial charge in [-0.25, -0.2) is 8.42 Å². The lowest BCUT2D eigenvalue weighted by Crippen LogP contribution is -2.54. The molecule has 0 aliphatic carbocycles. The van der Waals surface area contributed by atoms with Crippen molar-refractivity contribution in [2.75, 3.05) is 39.8 Å². The van der Waals surface area contributed by atoms with Crippen LogP contribution >= 0.6 is 0 Å². The molecule has 0 saturated carbocycles. The average molecular weight is 611 g/mol. The Balaban J connectivity index is 1.64. The third kappa shape index (κ3) is 6.54. The molecule has 11 heteroatoms. The lowest BCUT2D eigenvalue weighted by atomic mass is 10.1. The Labute approximate surface area is 249 Å². The number of hydrogen-bond acceptors (Lipinski definition) is 6. The fourth-order valence-electron chi connectivity index (χ4n) is 5.50. The van der Waals surface area contributed by atoms with Crippen LogP contribution in [0.25, 0.3) is 0 Å². The molecule has 0 bridgehead atoms. The molecule has 0 radical (unpaired) electrons. The van der Waals surface area contributed by atoms with Crippen molar-refractivity contribution in [1.29, 1.82) is 0 Å². The highest BCUT2D eigenvalue weighted by Gasteiger charge is 2.41. The lowest BCUT2D eigenvalue weighted by Gasteiger charge is -2.45. The van der Waals surface area contributed by atoms with Gasteiger partial charge in [0.1, 0.15) is 17.8 Å². The maximum absolute atomic E-state index is 14.2. The molecule has 5 rings (SSSR count). The van der Waals surface area contributed by atoms with E-state index in [1.165, 1.54) is 4.31 Å². The summed E-state index contributed by atoms with van der Waals surface area (Å²) in [4.78, 5) is 4.34. The topological polar surface area (TPSA) is 99.6 Å². The first-order chi connectivity index (χ1) is 20.1. The van der Waals surface area contributed by atoms with E-state index in [1.807, 2.05) is 30.9 Å². The first-order valence-corrected chi connectivity index (χ1v) is 17.1. The monoisotopic (exact) mass is 610 g/mol. The number of nitrogens with zero attached hydrogens (tertiary/aromatic N) is 4. The molecule has 42 heavy (non-hydrogen) atoms.